The number of nitrogens with zero attached hydrogens (tertiary/aromatic N) is 3. The van der Waals surface area contributed by atoms with Crippen molar-refractivity contribution in [3.05, 3.63) is 0 Å². The number of thioether (sulfide) groups is 1. The maximum Gasteiger partial charge on any atom is 0.314 e. The van der Waals surface area contributed by atoms with Crippen molar-refractivity contribution in [1.82, 2.24) is 14.7 Å². The lowest BCUT2D eigenvalue weighted by Crippen LogP contribution is -2.52. The van der Waals surface area contributed by atoms with Crippen molar-refractivity contribution in [3.8, 4) is 0 Å². The highest BCUT2D eigenvalue weighted by Gasteiger charge is 2.22. The van der Waals surface area contributed by atoms with Crippen molar-refractivity contribution in [2.45, 2.75) is 0 Å². The molecule has 104 valence electrons. The number of urea groups is 1. The Morgan fingerprint density at radius 1 is 1.28 bits per heavy atom. The van der Waals surface area contributed by atoms with Crippen LogP contribution in [0.2, 0.25) is 0 Å². The van der Waals surface area contributed by atoms with Crippen molar-refractivity contribution >= 4 is 23.7 Å². The Labute approximate surface area is 112 Å². The van der Waals surface area contributed by atoms with Crippen molar-refractivity contribution < 1.29 is 9.59 Å². The van der Waals surface area contributed by atoms with Crippen LogP contribution < -0.4 is 5.73 Å². The van der Waals surface area contributed by atoms with Crippen molar-refractivity contribution in [2.24, 2.45) is 5.73 Å². The quantitative estimate of drug-likeness (QED) is 0.734. The zero-order valence-electron chi connectivity index (χ0n) is 11.1. The zero-order chi connectivity index (χ0) is 13.5. The number of hydrogen-bond acceptors (Lipinski definition) is 4. The first-order valence-electron chi connectivity index (χ1n) is 6.04. The molecule has 1 aliphatic rings. The smallest absolute Gasteiger partial charge is 0.314 e. The Morgan fingerprint density at radius 2 is 1.89 bits per heavy atom. The van der Waals surface area contributed by atoms with Crippen LogP contribution in [0.3, 0.4) is 0 Å². The summed E-state index contributed by atoms with van der Waals surface area (Å²) >= 11 is 1.83. The highest BCUT2D eigenvalue weighted by atomic mass is 32.2. The molecular weight excluding hydrogens is 252 g/mol. The number of piperazine rings is 1. The highest BCUT2D eigenvalue weighted by Crippen LogP contribution is 2.04. The van der Waals surface area contributed by atoms with Gasteiger partial charge in [-0.3, -0.25) is 9.69 Å². The Balaban J connectivity index is 2.29. The van der Waals surface area contributed by atoms with Crippen molar-refractivity contribution in [3.63, 3.8) is 0 Å². The molecule has 1 heterocycles. The number of carbonyl (C=O) groups excluding carboxylic acids is 2. The molecule has 0 radical (unpaired) electrons. The molecule has 0 aromatic rings. The summed E-state index contributed by atoms with van der Waals surface area (Å²) < 4.78 is 0. The van der Waals surface area contributed by atoms with Crippen LogP contribution in [0.4, 0.5) is 4.79 Å². The molecule has 1 rings (SSSR count). The lowest BCUT2D eigenvalue weighted by Gasteiger charge is -2.35. The predicted molar refractivity (Wildman–Crippen MR) is 73.6 cm³/mol. The molecule has 1 aliphatic heterocycles. The second-order valence-electron chi connectivity index (χ2n) is 4.41. The normalized spacial score (nSPS) is 16.7. The van der Waals surface area contributed by atoms with E-state index in [1.807, 2.05) is 11.8 Å². The molecule has 6 nitrogen and oxygen atoms in total. The molecule has 1 saturated heterocycles. The molecule has 18 heavy (non-hydrogen) atoms. The van der Waals surface area contributed by atoms with Gasteiger partial charge in [0.2, 0.25) is 5.91 Å². The van der Waals surface area contributed by atoms with Gasteiger partial charge in [0.1, 0.15) is 6.54 Å². The molecule has 0 aromatic carbocycles. The minimum Gasteiger partial charge on any atom is -0.351 e. The fourth-order valence-electron chi connectivity index (χ4n) is 1.82. The third kappa shape index (κ3) is 4.73. The van der Waals surface area contributed by atoms with E-state index in [9.17, 15) is 9.59 Å². The summed E-state index contributed by atoms with van der Waals surface area (Å²) in [6, 6.07) is -0.568. The number of nitrogens with two attached hydrogens (primary N) is 1. The predicted octanol–water partition coefficient (Wildman–Crippen LogP) is -0.496. The third-order valence-electron chi connectivity index (χ3n) is 3.09. The molecule has 7 heteroatoms. The van der Waals surface area contributed by atoms with Crippen LogP contribution in [0.25, 0.3) is 0 Å². The van der Waals surface area contributed by atoms with Gasteiger partial charge in [0.15, 0.2) is 0 Å². The van der Waals surface area contributed by atoms with Gasteiger partial charge in [0.25, 0.3) is 0 Å². The maximum atomic E-state index is 11.9. The Bertz CT molecular complexity index is 293. The Hall–Kier alpha value is -0.950. The number of amides is 3. The SMILES string of the molecule is CSCCN1CCN(C(=O)CN(C)C(N)=O)CC1. The third-order valence-corrected chi connectivity index (χ3v) is 3.68. The average molecular weight is 274 g/mol. The first-order valence-corrected chi connectivity index (χ1v) is 7.43. The second kappa shape index (κ2) is 7.48. The van der Waals surface area contributed by atoms with Crippen LogP contribution in [0.15, 0.2) is 0 Å². The van der Waals surface area contributed by atoms with Gasteiger partial charge in [-0.05, 0) is 6.26 Å². The van der Waals surface area contributed by atoms with Gasteiger partial charge in [-0.25, -0.2) is 4.79 Å². The first-order chi connectivity index (χ1) is 8.54. The topological polar surface area (TPSA) is 69.9 Å². The van der Waals surface area contributed by atoms with Crippen molar-refractivity contribution in [2.75, 3.05) is 58.3 Å². The van der Waals surface area contributed by atoms with E-state index in [-0.39, 0.29) is 12.5 Å². The molecule has 0 bridgehead atoms. The summed E-state index contributed by atoms with van der Waals surface area (Å²) in [4.78, 5) is 28.1. The molecule has 0 spiro atoms. The molecule has 0 aliphatic carbocycles. The minimum atomic E-state index is -0.568. The summed E-state index contributed by atoms with van der Waals surface area (Å²) in [5, 5.41) is 0. The molecule has 0 aromatic heterocycles. The zero-order valence-corrected chi connectivity index (χ0v) is 11.9. The van der Waals surface area contributed by atoms with Gasteiger partial charge < -0.3 is 15.5 Å². The summed E-state index contributed by atoms with van der Waals surface area (Å²) in [5.41, 5.74) is 5.10. The van der Waals surface area contributed by atoms with Crippen LogP contribution in [-0.4, -0.2) is 85.0 Å². The fraction of sp³-hybridized carbons (Fsp3) is 0.818. The summed E-state index contributed by atoms with van der Waals surface area (Å²) in [6.07, 6.45) is 2.10. The molecule has 0 atom stereocenters. The van der Waals surface area contributed by atoms with Crippen molar-refractivity contribution in [1.29, 1.82) is 0 Å². The van der Waals surface area contributed by atoms with Gasteiger partial charge in [-0.2, -0.15) is 11.8 Å². The van der Waals surface area contributed by atoms with Gasteiger partial charge in [-0.15, -0.1) is 0 Å². The van der Waals surface area contributed by atoms with E-state index in [0.29, 0.717) is 0 Å². The van der Waals surface area contributed by atoms with Gasteiger partial charge in [-0.1, -0.05) is 0 Å². The van der Waals surface area contributed by atoms with Crippen LogP contribution in [-0.2, 0) is 4.79 Å². The molecule has 0 saturated carbocycles. The number of carbonyl (C=O) groups is 2. The van der Waals surface area contributed by atoms with E-state index in [1.54, 1.807) is 4.90 Å². The van der Waals surface area contributed by atoms with E-state index >= 15 is 0 Å². The summed E-state index contributed by atoms with van der Waals surface area (Å²) in [5.74, 6) is 1.10. The molecule has 2 N–H and O–H groups in total. The molecule has 3 amide bonds. The van der Waals surface area contributed by atoms with Gasteiger partial charge >= 0.3 is 6.03 Å². The Morgan fingerprint density at radius 3 is 2.39 bits per heavy atom. The molecular formula is C11H22N4O2S. The van der Waals surface area contributed by atoms with E-state index in [1.165, 1.54) is 11.9 Å². The number of rotatable bonds is 5. The standard InChI is InChI=1S/C11H22N4O2S/c1-13(11(12)17)9-10(16)15-5-3-14(4-6-15)7-8-18-2/h3-9H2,1-2H3,(H2,12,17). The van der Waals surface area contributed by atoms with Gasteiger partial charge in [0.05, 0.1) is 0 Å². The minimum absolute atomic E-state index is 0.0270. The van der Waals surface area contributed by atoms with Crippen LogP contribution in [0.5, 0.6) is 0 Å². The highest BCUT2D eigenvalue weighted by molar-refractivity contribution is 7.98. The molecule has 0 unspecified atom stereocenters. The molecule has 1 fully saturated rings. The van der Waals surface area contributed by atoms with Crippen LogP contribution >= 0.6 is 11.8 Å². The van der Waals surface area contributed by atoms with E-state index in [2.05, 4.69) is 11.2 Å². The maximum absolute atomic E-state index is 11.9. The summed E-state index contributed by atoms with van der Waals surface area (Å²) in [7, 11) is 1.54. The lowest BCUT2D eigenvalue weighted by molar-refractivity contribution is -0.133. The number of primary amides is 1. The second-order valence-corrected chi connectivity index (χ2v) is 5.40. The monoisotopic (exact) mass is 274 g/mol. The van der Waals surface area contributed by atoms with E-state index in [0.717, 1.165) is 38.5 Å². The first kappa shape index (κ1) is 15.1. The van der Waals surface area contributed by atoms with E-state index < -0.39 is 6.03 Å². The lowest BCUT2D eigenvalue weighted by atomic mass is 10.3. The summed E-state index contributed by atoms with van der Waals surface area (Å²) in [6.45, 7) is 4.43. The fourth-order valence-corrected chi connectivity index (χ4v) is 2.26. The van der Waals surface area contributed by atoms with Crippen LogP contribution in [0, 0.1) is 0 Å². The average Bonchev–Trinajstić information content (AvgIpc) is 2.36. The largest absolute Gasteiger partial charge is 0.351 e. The van der Waals surface area contributed by atoms with Gasteiger partial charge in [0, 0.05) is 45.5 Å². The van der Waals surface area contributed by atoms with Crippen LogP contribution in [0.1, 0.15) is 0 Å². The Kier molecular flexibility index (Phi) is 6.28. The number of hydrogen-bond donors (Lipinski definition) is 1. The number of likely N-dealkylation sites (N-methyl/N-ethyl adjacent to an activating group) is 1. The van der Waals surface area contributed by atoms with E-state index in [4.69, 9.17) is 5.73 Å².